The monoisotopic (exact) mass is 410 g/mol. The van der Waals surface area contributed by atoms with E-state index in [0.717, 1.165) is 39.1 Å². The van der Waals surface area contributed by atoms with E-state index >= 15 is 0 Å². The third-order valence-corrected chi connectivity index (χ3v) is 8.03. The summed E-state index contributed by atoms with van der Waals surface area (Å²) in [6, 6.07) is 13.3. The number of piperidine rings is 1. The van der Waals surface area contributed by atoms with Gasteiger partial charge in [-0.25, -0.2) is 0 Å². The van der Waals surface area contributed by atoms with Crippen LogP contribution in [-0.4, -0.2) is 55.1 Å². The van der Waals surface area contributed by atoms with Crippen molar-refractivity contribution in [1.82, 2.24) is 9.80 Å². The summed E-state index contributed by atoms with van der Waals surface area (Å²) in [5.41, 5.74) is 3.22. The van der Waals surface area contributed by atoms with E-state index in [1.165, 1.54) is 28.8 Å². The zero-order valence-electron chi connectivity index (χ0n) is 17.0. The molecule has 5 heteroatoms. The van der Waals surface area contributed by atoms with Gasteiger partial charge >= 0.3 is 0 Å². The number of carbonyl (C=O) groups excluding carboxylic acids is 1. The van der Waals surface area contributed by atoms with Gasteiger partial charge in [0.15, 0.2) is 0 Å². The number of benzene rings is 1. The standard InChI is InChI=1S/C24H30N2O2S/c27-23(26-11-13-28-14-12-26)16-19-17-24(22-6-2-1-5-21(19)22)7-9-25(10-8-24)18-20-4-3-15-29-20/h1-6,15,19H,7-14,16-18H2/t19-/m1/s1. The van der Waals surface area contributed by atoms with Gasteiger partial charge in [-0.3, -0.25) is 9.69 Å². The molecule has 2 fully saturated rings. The van der Waals surface area contributed by atoms with Gasteiger partial charge in [0.1, 0.15) is 0 Å². The van der Waals surface area contributed by atoms with Crippen LogP contribution in [0.3, 0.4) is 0 Å². The van der Waals surface area contributed by atoms with Crippen molar-refractivity contribution in [3.63, 3.8) is 0 Å². The molecule has 3 heterocycles. The molecule has 3 aliphatic rings. The molecule has 0 radical (unpaired) electrons. The van der Waals surface area contributed by atoms with Gasteiger partial charge in [-0.2, -0.15) is 0 Å². The first-order chi connectivity index (χ1) is 14.2. The Morgan fingerprint density at radius 2 is 1.86 bits per heavy atom. The molecule has 0 bridgehead atoms. The van der Waals surface area contributed by atoms with E-state index in [4.69, 9.17) is 4.74 Å². The second-order valence-corrected chi connectivity index (χ2v) is 9.85. The van der Waals surface area contributed by atoms with Crippen molar-refractivity contribution in [1.29, 1.82) is 0 Å². The van der Waals surface area contributed by atoms with Crippen LogP contribution in [-0.2, 0) is 21.5 Å². The molecule has 4 nitrogen and oxygen atoms in total. The van der Waals surface area contributed by atoms with Gasteiger partial charge in [-0.1, -0.05) is 30.3 Å². The van der Waals surface area contributed by atoms with Gasteiger partial charge in [-0.15, -0.1) is 11.3 Å². The minimum atomic E-state index is 0.262. The molecule has 1 spiro atoms. The Morgan fingerprint density at radius 3 is 2.62 bits per heavy atom. The third-order valence-electron chi connectivity index (χ3n) is 7.17. The Balaban J connectivity index is 1.28. The van der Waals surface area contributed by atoms with Crippen LogP contribution in [0.1, 0.15) is 47.6 Å². The maximum Gasteiger partial charge on any atom is 0.223 e. The first-order valence-corrected chi connectivity index (χ1v) is 11.8. The van der Waals surface area contributed by atoms with Crippen LogP contribution in [0.2, 0.25) is 0 Å². The van der Waals surface area contributed by atoms with Gasteiger partial charge in [-0.05, 0) is 66.3 Å². The summed E-state index contributed by atoms with van der Waals surface area (Å²) in [6.07, 6.45) is 4.20. The number of hydrogen-bond donors (Lipinski definition) is 0. The summed E-state index contributed by atoms with van der Waals surface area (Å²) in [6.45, 7) is 6.22. The van der Waals surface area contributed by atoms with Crippen LogP contribution >= 0.6 is 11.3 Å². The molecule has 2 aromatic rings. The molecule has 2 saturated heterocycles. The first kappa shape index (κ1) is 19.3. The highest BCUT2D eigenvalue weighted by molar-refractivity contribution is 7.09. The molecule has 5 rings (SSSR count). The molecule has 1 amide bonds. The van der Waals surface area contributed by atoms with Crippen LogP contribution in [0.4, 0.5) is 0 Å². The zero-order chi connectivity index (χ0) is 19.7. The lowest BCUT2D eigenvalue weighted by molar-refractivity contribution is -0.135. The fraction of sp³-hybridized carbons (Fsp3) is 0.542. The van der Waals surface area contributed by atoms with E-state index < -0.39 is 0 Å². The van der Waals surface area contributed by atoms with Crippen molar-refractivity contribution in [3.8, 4) is 0 Å². The predicted molar refractivity (Wildman–Crippen MR) is 116 cm³/mol. The molecule has 0 saturated carbocycles. The quantitative estimate of drug-likeness (QED) is 0.763. The van der Waals surface area contributed by atoms with Gasteiger partial charge in [0.25, 0.3) is 0 Å². The van der Waals surface area contributed by atoms with Crippen LogP contribution in [0.15, 0.2) is 41.8 Å². The maximum atomic E-state index is 12.9. The number of thiophene rings is 1. The lowest BCUT2D eigenvalue weighted by atomic mass is 9.73. The summed E-state index contributed by atoms with van der Waals surface area (Å²) < 4.78 is 5.42. The molecule has 154 valence electrons. The highest BCUT2D eigenvalue weighted by Gasteiger charge is 2.45. The highest BCUT2D eigenvalue weighted by atomic mass is 32.1. The van der Waals surface area contributed by atoms with Gasteiger partial charge in [0.2, 0.25) is 5.91 Å². The molecule has 0 unspecified atom stereocenters. The number of nitrogens with zero attached hydrogens (tertiary/aromatic N) is 2. The van der Waals surface area contributed by atoms with Crippen molar-refractivity contribution < 1.29 is 9.53 Å². The summed E-state index contributed by atoms with van der Waals surface area (Å²) in [5.74, 6) is 0.672. The van der Waals surface area contributed by atoms with Crippen LogP contribution < -0.4 is 0 Å². The fourth-order valence-corrected chi connectivity index (χ4v) is 6.34. The van der Waals surface area contributed by atoms with E-state index in [-0.39, 0.29) is 5.41 Å². The average Bonchev–Trinajstić information content (AvgIpc) is 3.38. The minimum absolute atomic E-state index is 0.262. The Morgan fingerprint density at radius 1 is 1.07 bits per heavy atom. The third kappa shape index (κ3) is 3.88. The van der Waals surface area contributed by atoms with Crippen LogP contribution in [0, 0.1) is 0 Å². The van der Waals surface area contributed by atoms with E-state index in [1.807, 2.05) is 16.2 Å². The number of carbonyl (C=O) groups is 1. The Labute approximate surface area is 177 Å². The Bertz CT molecular complexity index is 836. The molecule has 29 heavy (non-hydrogen) atoms. The number of rotatable bonds is 4. The lowest BCUT2D eigenvalue weighted by Crippen LogP contribution is -2.42. The maximum absolute atomic E-state index is 12.9. The molecule has 1 aliphatic carbocycles. The van der Waals surface area contributed by atoms with Crippen molar-refractivity contribution in [3.05, 3.63) is 57.8 Å². The largest absolute Gasteiger partial charge is 0.378 e. The smallest absolute Gasteiger partial charge is 0.223 e. The topological polar surface area (TPSA) is 32.8 Å². The molecule has 2 aliphatic heterocycles. The van der Waals surface area contributed by atoms with E-state index in [0.29, 0.717) is 31.5 Å². The molecule has 1 atom stereocenters. The van der Waals surface area contributed by atoms with Crippen LogP contribution in [0.25, 0.3) is 0 Å². The molecule has 1 aromatic heterocycles. The number of morpholine rings is 1. The summed E-state index contributed by atoms with van der Waals surface area (Å²) in [4.78, 5) is 19.0. The van der Waals surface area contributed by atoms with Gasteiger partial charge in [0.05, 0.1) is 13.2 Å². The zero-order valence-corrected chi connectivity index (χ0v) is 17.8. The molecule has 0 N–H and O–H groups in total. The van der Waals surface area contributed by atoms with Crippen LogP contribution in [0.5, 0.6) is 0 Å². The van der Waals surface area contributed by atoms with Crippen molar-refractivity contribution in [2.24, 2.45) is 0 Å². The number of likely N-dealkylation sites (tertiary alicyclic amines) is 1. The summed E-state index contributed by atoms with van der Waals surface area (Å²) >= 11 is 1.86. The number of fused-ring (bicyclic) bond motifs is 2. The molecular formula is C24H30N2O2S. The van der Waals surface area contributed by atoms with E-state index in [9.17, 15) is 4.79 Å². The van der Waals surface area contributed by atoms with Crippen molar-refractivity contribution in [2.75, 3.05) is 39.4 Å². The van der Waals surface area contributed by atoms with Crippen molar-refractivity contribution in [2.45, 2.75) is 43.6 Å². The number of ether oxygens (including phenoxy) is 1. The van der Waals surface area contributed by atoms with Gasteiger partial charge in [0, 0.05) is 30.9 Å². The number of amides is 1. The van der Waals surface area contributed by atoms with Crippen molar-refractivity contribution >= 4 is 17.2 Å². The molecular weight excluding hydrogens is 380 g/mol. The molecule has 1 aromatic carbocycles. The highest BCUT2D eigenvalue weighted by Crippen LogP contribution is 2.52. The van der Waals surface area contributed by atoms with E-state index in [2.05, 4.69) is 46.7 Å². The second kappa shape index (κ2) is 8.21. The normalized spacial score (nSPS) is 24.0. The minimum Gasteiger partial charge on any atom is -0.378 e. The Kier molecular flexibility index (Phi) is 5.46. The lowest BCUT2D eigenvalue weighted by Gasteiger charge is -2.40. The summed E-state index contributed by atoms with van der Waals surface area (Å²) in [5, 5.41) is 2.17. The predicted octanol–water partition coefficient (Wildman–Crippen LogP) is 4.02. The SMILES string of the molecule is O=C(C[C@@H]1CC2(CCN(Cc3cccs3)CC2)c2ccccc21)N1CCOCC1. The average molecular weight is 411 g/mol. The van der Waals surface area contributed by atoms with E-state index in [1.54, 1.807) is 0 Å². The van der Waals surface area contributed by atoms with Gasteiger partial charge < -0.3 is 9.64 Å². The summed E-state index contributed by atoms with van der Waals surface area (Å²) in [7, 11) is 0. The first-order valence-electron chi connectivity index (χ1n) is 10.9. The fourth-order valence-electron chi connectivity index (χ4n) is 5.60. The number of hydrogen-bond acceptors (Lipinski definition) is 4. The Hall–Kier alpha value is -1.69. The second-order valence-electron chi connectivity index (χ2n) is 8.82.